The van der Waals surface area contributed by atoms with E-state index < -0.39 is 28.6 Å². The van der Waals surface area contributed by atoms with E-state index in [0.29, 0.717) is 27.8 Å². The largest absolute Gasteiger partial charge is 0.493 e. The number of hydrogen-bond acceptors (Lipinski definition) is 7. The van der Waals surface area contributed by atoms with Crippen molar-refractivity contribution in [2.24, 2.45) is 0 Å². The third-order valence-corrected chi connectivity index (χ3v) is 7.30. The molecule has 1 N–H and O–H groups in total. The van der Waals surface area contributed by atoms with Gasteiger partial charge in [-0.15, -0.1) is 5.10 Å². The van der Waals surface area contributed by atoms with Crippen LogP contribution in [0.3, 0.4) is 0 Å². The molecule has 1 fully saturated rings. The molecule has 11 heteroatoms. The van der Waals surface area contributed by atoms with Gasteiger partial charge in [-0.25, -0.2) is 17.9 Å². The highest BCUT2D eigenvalue weighted by atomic mass is 32.2. The van der Waals surface area contributed by atoms with Crippen LogP contribution in [0, 0.1) is 6.92 Å². The van der Waals surface area contributed by atoms with Crippen LogP contribution >= 0.6 is 0 Å². The highest BCUT2D eigenvalue weighted by molar-refractivity contribution is 7.89. The van der Waals surface area contributed by atoms with Crippen molar-refractivity contribution < 1.29 is 18.6 Å². The van der Waals surface area contributed by atoms with Gasteiger partial charge in [0.05, 0.1) is 22.8 Å². The summed E-state index contributed by atoms with van der Waals surface area (Å²) in [5.41, 5.74) is 0.566. The van der Waals surface area contributed by atoms with Gasteiger partial charge in [0.1, 0.15) is 11.6 Å². The van der Waals surface area contributed by atoms with Gasteiger partial charge < -0.3 is 14.6 Å². The maximum Gasteiger partial charge on any atom is 0.277 e. The molecule has 0 unspecified atom stereocenters. The average Bonchev–Trinajstić information content (AvgIpc) is 3.16. The number of aromatic nitrogens is 4. The van der Waals surface area contributed by atoms with E-state index in [0.717, 1.165) is 6.42 Å². The fourth-order valence-corrected chi connectivity index (χ4v) is 5.12. The Morgan fingerprint density at radius 3 is 2.71 bits per heavy atom. The van der Waals surface area contributed by atoms with Gasteiger partial charge in [-0.3, -0.25) is 4.79 Å². The van der Waals surface area contributed by atoms with E-state index >= 15 is 0 Å². The number of rotatable bonds is 8. The minimum absolute atomic E-state index is 0.0256. The zero-order valence-corrected chi connectivity index (χ0v) is 20.6. The molecule has 0 spiro atoms. The van der Waals surface area contributed by atoms with Gasteiger partial charge in [0.25, 0.3) is 5.56 Å². The molecular formula is C23H32N6O4S. The second-order valence-corrected chi connectivity index (χ2v) is 9.76. The van der Waals surface area contributed by atoms with Gasteiger partial charge in [0, 0.05) is 38.0 Å². The minimum atomic E-state index is -4.50. The molecule has 10 nitrogen and oxygen atoms in total. The number of fused-ring (bicyclic) bond motifs is 1. The van der Waals surface area contributed by atoms with E-state index in [4.69, 9.17) is 10.2 Å². The van der Waals surface area contributed by atoms with Crippen LogP contribution in [0.5, 0.6) is 5.75 Å². The molecule has 2 aromatic heterocycles. The lowest BCUT2D eigenvalue weighted by Crippen LogP contribution is -2.48. The van der Waals surface area contributed by atoms with E-state index in [2.05, 4.69) is 15.1 Å². The number of aryl methyl sites for hydroxylation is 2. The summed E-state index contributed by atoms with van der Waals surface area (Å²) in [5.74, 6) is 0.933. The molecule has 0 saturated carbocycles. The summed E-state index contributed by atoms with van der Waals surface area (Å²) in [6.07, 6.45) is 1.36. The Labute approximate surface area is 205 Å². The number of sulfonamides is 1. The number of piperazine rings is 1. The smallest absolute Gasteiger partial charge is 0.277 e. The van der Waals surface area contributed by atoms with Gasteiger partial charge in [0.2, 0.25) is 10.0 Å². The molecule has 0 amide bonds. The monoisotopic (exact) mass is 492 g/mol. The quantitative estimate of drug-likeness (QED) is 0.512. The van der Waals surface area contributed by atoms with Crippen LogP contribution in [0.4, 0.5) is 0 Å². The van der Waals surface area contributed by atoms with E-state index in [1.807, 2.05) is 6.92 Å². The SMILES string of the molecule is [2H]C1([2H])N(CC)CCN(S(=O)(=O)c2ccc(OCC)c(-c3nn4c(CCC)nc(C)c4c(=O)[nH]3)c2)C1([2H])[2H]. The first-order valence-corrected chi connectivity index (χ1v) is 12.8. The molecule has 0 aliphatic carbocycles. The molecule has 1 aliphatic heterocycles. The fraction of sp³-hybridized carbons (Fsp3) is 0.522. The van der Waals surface area contributed by atoms with Gasteiger partial charge >= 0.3 is 0 Å². The Morgan fingerprint density at radius 1 is 1.21 bits per heavy atom. The average molecular weight is 493 g/mol. The molecule has 3 heterocycles. The normalized spacial score (nSPS) is 20.5. The maximum absolute atomic E-state index is 13.7. The molecule has 0 bridgehead atoms. The number of H-pyrrole nitrogens is 1. The first-order valence-electron chi connectivity index (χ1n) is 13.3. The Bertz CT molecular complexity index is 1520. The van der Waals surface area contributed by atoms with Crippen molar-refractivity contribution in [3.63, 3.8) is 0 Å². The van der Waals surface area contributed by atoms with E-state index in [-0.39, 0.29) is 48.3 Å². The van der Waals surface area contributed by atoms with Crippen LogP contribution in [-0.2, 0) is 16.4 Å². The number of hydrogen-bond donors (Lipinski definition) is 1. The van der Waals surface area contributed by atoms with Crippen LogP contribution in [0.15, 0.2) is 27.9 Å². The van der Waals surface area contributed by atoms with E-state index in [1.165, 1.54) is 27.6 Å². The Hall–Kier alpha value is -2.76. The molecular weight excluding hydrogens is 456 g/mol. The predicted octanol–water partition coefficient (Wildman–Crippen LogP) is 2.07. The second-order valence-electron chi connectivity index (χ2n) is 7.90. The Balaban J connectivity index is 1.88. The number of benzene rings is 1. The van der Waals surface area contributed by atoms with Crippen molar-refractivity contribution in [3.05, 3.63) is 40.1 Å². The first-order chi connectivity index (χ1) is 17.8. The van der Waals surface area contributed by atoms with Crippen LogP contribution in [-0.4, -0.2) is 76.4 Å². The standard InChI is InChI=1S/C23H32N6O4S/c1-5-8-20-24-16(4)21-23(30)25-22(26-29(20)21)18-15-17(9-10-19(18)33-7-3)34(31,32)28-13-11-27(6-2)12-14-28/h9-10,15H,5-8,11-14H2,1-4H3,(H,25,26,30)/i11D2,13D2. The summed E-state index contributed by atoms with van der Waals surface area (Å²) in [6, 6.07) is 3.97. The molecule has 0 atom stereocenters. The van der Waals surface area contributed by atoms with E-state index in [9.17, 15) is 13.2 Å². The number of nitrogens with zero attached hydrogens (tertiary/aromatic N) is 5. The summed E-state index contributed by atoms with van der Waals surface area (Å²) >= 11 is 0. The molecule has 3 aromatic rings. The van der Waals surface area contributed by atoms with Crippen LogP contribution in [0.25, 0.3) is 16.9 Å². The number of imidazole rings is 1. The predicted molar refractivity (Wildman–Crippen MR) is 130 cm³/mol. The molecule has 0 radical (unpaired) electrons. The van der Waals surface area contributed by atoms with Crippen molar-refractivity contribution in [1.29, 1.82) is 0 Å². The topological polar surface area (TPSA) is 113 Å². The summed E-state index contributed by atoms with van der Waals surface area (Å²) in [5, 5.41) is 4.57. The Morgan fingerprint density at radius 2 is 2.00 bits per heavy atom. The molecule has 1 aliphatic rings. The number of ether oxygens (including phenoxy) is 1. The third kappa shape index (κ3) is 4.47. The number of nitrogens with one attached hydrogen (secondary N) is 1. The first kappa shape index (κ1) is 19.5. The summed E-state index contributed by atoms with van der Waals surface area (Å²) in [7, 11) is -4.50. The summed E-state index contributed by atoms with van der Waals surface area (Å²) in [4.78, 5) is 21.2. The zero-order valence-electron chi connectivity index (χ0n) is 23.8. The summed E-state index contributed by atoms with van der Waals surface area (Å²) < 4.78 is 68.7. The third-order valence-electron chi connectivity index (χ3n) is 5.60. The lowest BCUT2D eigenvalue weighted by Gasteiger charge is -2.33. The van der Waals surface area contributed by atoms with Crippen LogP contribution < -0.4 is 10.3 Å². The summed E-state index contributed by atoms with van der Waals surface area (Å²) in [6.45, 7) is 2.04. The van der Waals surface area contributed by atoms with Crippen molar-refractivity contribution in [2.75, 3.05) is 39.2 Å². The van der Waals surface area contributed by atoms with Crippen molar-refractivity contribution in [3.8, 4) is 17.1 Å². The molecule has 4 rings (SSSR count). The van der Waals surface area contributed by atoms with Gasteiger partial charge in [-0.2, -0.15) is 4.31 Å². The zero-order chi connectivity index (χ0) is 28.0. The van der Waals surface area contributed by atoms with Gasteiger partial charge in [0.15, 0.2) is 11.3 Å². The highest BCUT2D eigenvalue weighted by Crippen LogP contribution is 2.31. The number of aromatic amines is 1. The minimum Gasteiger partial charge on any atom is -0.493 e. The molecule has 34 heavy (non-hydrogen) atoms. The van der Waals surface area contributed by atoms with Crippen molar-refractivity contribution in [2.45, 2.75) is 45.4 Å². The van der Waals surface area contributed by atoms with E-state index in [1.54, 1.807) is 20.8 Å². The van der Waals surface area contributed by atoms with Crippen molar-refractivity contribution >= 4 is 15.5 Å². The second kappa shape index (κ2) is 9.85. The van der Waals surface area contributed by atoms with Gasteiger partial charge in [-0.05, 0) is 45.0 Å². The van der Waals surface area contributed by atoms with Gasteiger partial charge in [-0.1, -0.05) is 13.8 Å². The number of likely N-dealkylation sites (N-methyl/N-ethyl adjacent to an activating group) is 1. The molecule has 1 aromatic carbocycles. The van der Waals surface area contributed by atoms with Crippen LogP contribution in [0.1, 0.15) is 44.2 Å². The van der Waals surface area contributed by atoms with Crippen LogP contribution in [0.2, 0.25) is 0 Å². The lowest BCUT2D eigenvalue weighted by molar-refractivity contribution is 0.196. The molecule has 1 saturated heterocycles. The van der Waals surface area contributed by atoms with Crippen molar-refractivity contribution in [1.82, 2.24) is 28.8 Å². The fourth-order valence-electron chi connectivity index (χ4n) is 3.87. The highest BCUT2D eigenvalue weighted by Gasteiger charge is 2.29. The maximum atomic E-state index is 13.7. The molecule has 184 valence electrons. The Kier molecular flexibility index (Phi) is 5.66. The lowest BCUT2D eigenvalue weighted by atomic mass is 10.2.